The molecular weight excluding hydrogens is 292 g/mol. The molecule has 0 atom stereocenters. The van der Waals surface area contributed by atoms with Gasteiger partial charge in [-0.2, -0.15) is 0 Å². The van der Waals surface area contributed by atoms with E-state index in [-0.39, 0.29) is 5.78 Å². The number of nitrogens with two attached hydrogens (primary N) is 1. The predicted molar refractivity (Wildman–Crippen MR) is 90.6 cm³/mol. The maximum atomic E-state index is 12.4. The molecule has 5 heteroatoms. The molecule has 3 N–H and O–H groups in total. The molecule has 0 radical (unpaired) electrons. The van der Waals surface area contributed by atoms with E-state index in [4.69, 9.17) is 10.5 Å². The summed E-state index contributed by atoms with van der Waals surface area (Å²) in [6.07, 6.45) is -0.617. The van der Waals surface area contributed by atoms with Crippen LogP contribution in [0.3, 0.4) is 0 Å². The molecule has 0 saturated carbocycles. The molecule has 0 aliphatic heterocycles. The van der Waals surface area contributed by atoms with Crippen LogP contribution in [0.25, 0.3) is 0 Å². The fraction of sp³-hybridized carbons (Fsp3) is 0.222. The fourth-order valence-corrected chi connectivity index (χ4v) is 1.98. The second-order valence-electron chi connectivity index (χ2n) is 6.12. The summed E-state index contributed by atoms with van der Waals surface area (Å²) in [6, 6.07) is 13.7. The Morgan fingerprint density at radius 2 is 1.65 bits per heavy atom. The average molecular weight is 312 g/mol. The van der Waals surface area contributed by atoms with Crippen LogP contribution in [-0.4, -0.2) is 17.5 Å². The lowest BCUT2D eigenvalue weighted by Crippen LogP contribution is -2.27. The molecule has 2 aromatic carbocycles. The van der Waals surface area contributed by atoms with Gasteiger partial charge in [-0.1, -0.05) is 30.3 Å². The van der Waals surface area contributed by atoms with Crippen LogP contribution < -0.4 is 11.1 Å². The van der Waals surface area contributed by atoms with Crippen molar-refractivity contribution >= 4 is 23.3 Å². The summed E-state index contributed by atoms with van der Waals surface area (Å²) in [5.41, 5.74) is 6.96. The van der Waals surface area contributed by atoms with Crippen molar-refractivity contribution in [3.8, 4) is 0 Å². The Kier molecular flexibility index (Phi) is 4.69. The van der Waals surface area contributed by atoms with Gasteiger partial charge in [0.15, 0.2) is 5.78 Å². The van der Waals surface area contributed by atoms with Gasteiger partial charge in [-0.15, -0.1) is 0 Å². The first-order valence-corrected chi connectivity index (χ1v) is 7.25. The van der Waals surface area contributed by atoms with Crippen LogP contribution >= 0.6 is 0 Å². The lowest BCUT2D eigenvalue weighted by molar-refractivity contribution is 0.0635. The Morgan fingerprint density at radius 3 is 2.26 bits per heavy atom. The normalized spacial score (nSPS) is 10.9. The molecular formula is C18H20N2O3. The van der Waals surface area contributed by atoms with Gasteiger partial charge in [0.1, 0.15) is 5.60 Å². The molecule has 120 valence electrons. The van der Waals surface area contributed by atoms with Gasteiger partial charge in [-0.3, -0.25) is 10.1 Å². The quantitative estimate of drug-likeness (QED) is 0.666. The van der Waals surface area contributed by atoms with E-state index in [1.165, 1.54) is 0 Å². The fourth-order valence-electron chi connectivity index (χ4n) is 1.98. The number of amides is 1. The molecule has 0 aromatic heterocycles. The number of nitrogen functional groups attached to an aromatic ring is 1. The molecule has 5 nitrogen and oxygen atoms in total. The Labute approximate surface area is 135 Å². The first-order chi connectivity index (χ1) is 10.8. The average Bonchev–Trinajstić information content (AvgIpc) is 2.48. The van der Waals surface area contributed by atoms with E-state index >= 15 is 0 Å². The minimum atomic E-state index is -0.617. The second-order valence-corrected chi connectivity index (χ2v) is 6.12. The smallest absolute Gasteiger partial charge is 0.412 e. The van der Waals surface area contributed by atoms with E-state index in [1.54, 1.807) is 63.2 Å². The van der Waals surface area contributed by atoms with Gasteiger partial charge in [0, 0.05) is 11.1 Å². The summed E-state index contributed by atoms with van der Waals surface area (Å²) in [6.45, 7) is 5.31. The van der Waals surface area contributed by atoms with Gasteiger partial charge in [0.2, 0.25) is 0 Å². The van der Waals surface area contributed by atoms with Crippen molar-refractivity contribution in [3.63, 3.8) is 0 Å². The van der Waals surface area contributed by atoms with Crippen molar-refractivity contribution in [2.75, 3.05) is 11.1 Å². The summed E-state index contributed by atoms with van der Waals surface area (Å²) < 4.78 is 5.19. The Balaban J connectivity index is 2.22. The predicted octanol–water partition coefficient (Wildman–Crippen LogP) is 3.85. The minimum absolute atomic E-state index is 0.141. The Bertz CT molecular complexity index is 719. The number of benzene rings is 2. The summed E-state index contributed by atoms with van der Waals surface area (Å²) in [7, 11) is 0. The van der Waals surface area contributed by atoms with Crippen LogP contribution in [-0.2, 0) is 4.74 Å². The SMILES string of the molecule is CC(C)(C)OC(=O)Nc1cc(C(=O)c2ccccc2)ccc1N. The highest BCUT2D eigenvalue weighted by atomic mass is 16.6. The van der Waals surface area contributed by atoms with E-state index in [9.17, 15) is 9.59 Å². The number of ketones is 1. The lowest BCUT2D eigenvalue weighted by Gasteiger charge is -2.20. The van der Waals surface area contributed by atoms with Crippen molar-refractivity contribution < 1.29 is 14.3 Å². The number of ether oxygens (including phenoxy) is 1. The van der Waals surface area contributed by atoms with Crippen LogP contribution in [0.4, 0.5) is 16.2 Å². The van der Waals surface area contributed by atoms with Crippen molar-refractivity contribution in [1.29, 1.82) is 0 Å². The molecule has 0 aliphatic carbocycles. The lowest BCUT2D eigenvalue weighted by atomic mass is 10.0. The van der Waals surface area contributed by atoms with Gasteiger partial charge in [0.25, 0.3) is 0 Å². The van der Waals surface area contributed by atoms with Gasteiger partial charge >= 0.3 is 6.09 Å². The third-order valence-corrected chi connectivity index (χ3v) is 2.99. The number of nitrogens with one attached hydrogen (secondary N) is 1. The monoisotopic (exact) mass is 312 g/mol. The molecule has 0 heterocycles. The molecule has 0 aliphatic rings. The Morgan fingerprint density at radius 1 is 1.00 bits per heavy atom. The first-order valence-electron chi connectivity index (χ1n) is 7.25. The summed E-state index contributed by atoms with van der Waals surface area (Å²) >= 11 is 0. The highest BCUT2D eigenvalue weighted by molar-refractivity contribution is 6.10. The van der Waals surface area contributed by atoms with Crippen LogP contribution in [0.1, 0.15) is 36.7 Å². The van der Waals surface area contributed by atoms with E-state index in [0.717, 1.165) is 0 Å². The van der Waals surface area contributed by atoms with Crippen molar-refractivity contribution in [2.24, 2.45) is 0 Å². The zero-order chi connectivity index (χ0) is 17.0. The third-order valence-electron chi connectivity index (χ3n) is 2.99. The zero-order valence-electron chi connectivity index (χ0n) is 13.4. The number of carbonyl (C=O) groups excluding carboxylic acids is 2. The second kappa shape index (κ2) is 6.52. The minimum Gasteiger partial charge on any atom is -0.444 e. The van der Waals surface area contributed by atoms with Crippen molar-refractivity contribution in [3.05, 3.63) is 59.7 Å². The molecule has 2 rings (SSSR count). The van der Waals surface area contributed by atoms with Crippen molar-refractivity contribution in [2.45, 2.75) is 26.4 Å². The summed E-state index contributed by atoms with van der Waals surface area (Å²) in [4.78, 5) is 24.3. The molecule has 0 fully saturated rings. The topological polar surface area (TPSA) is 81.4 Å². The summed E-state index contributed by atoms with van der Waals surface area (Å²) in [5, 5.41) is 2.58. The number of anilines is 2. The van der Waals surface area contributed by atoms with Gasteiger partial charge in [-0.25, -0.2) is 4.79 Å². The van der Waals surface area contributed by atoms with E-state index < -0.39 is 11.7 Å². The van der Waals surface area contributed by atoms with Gasteiger partial charge < -0.3 is 10.5 Å². The Hall–Kier alpha value is -2.82. The van der Waals surface area contributed by atoms with Crippen LogP contribution in [0.5, 0.6) is 0 Å². The van der Waals surface area contributed by atoms with Gasteiger partial charge in [0.05, 0.1) is 11.4 Å². The maximum absolute atomic E-state index is 12.4. The van der Waals surface area contributed by atoms with Gasteiger partial charge in [-0.05, 0) is 39.0 Å². The number of carbonyl (C=O) groups is 2. The molecule has 0 unspecified atom stereocenters. The molecule has 0 saturated heterocycles. The molecule has 1 amide bonds. The number of rotatable bonds is 3. The van der Waals surface area contributed by atoms with Crippen LogP contribution in [0, 0.1) is 0 Å². The standard InChI is InChI=1S/C18H20N2O3/c1-18(2,3)23-17(22)20-15-11-13(9-10-14(15)19)16(21)12-7-5-4-6-8-12/h4-11H,19H2,1-3H3,(H,20,22). The van der Waals surface area contributed by atoms with Crippen LogP contribution in [0.15, 0.2) is 48.5 Å². The number of hydrogen-bond donors (Lipinski definition) is 2. The maximum Gasteiger partial charge on any atom is 0.412 e. The molecule has 2 aromatic rings. The third kappa shape index (κ3) is 4.57. The highest BCUT2D eigenvalue weighted by Gasteiger charge is 2.18. The first kappa shape index (κ1) is 16.5. The molecule has 0 spiro atoms. The van der Waals surface area contributed by atoms with E-state index in [0.29, 0.717) is 22.5 Å². The highest BCUT2D eigenvalue weighted by Crippen LogP contribution is 2.23. The largest absolute Gasteiger partial charge is 0.444 e. The van der Waals surface area contributed by atoms with Crippen molar-refractivity contribution in [1.82, 2.24) is 0 Å². The van der Waals surface area contributed by atoms with E-state index in [1.807, 2.05) is 6.07 Å². The zero-order valence-corrected chi connectivity index (χ0v) is 13.4. The number of hydrogen-bond acceptors (Lipinski definition) is 4. The van der Waals surface area contributed by atoms with E-state index in [2.05, 4.69) is 5.32 Å². The summed E-state index contributed by atoms with van der Waals surface area (Å²) in [5.74, 6) is -0.141. The van der Waals surface area contributed by atoms with Crippen LogP contribution in [0.2, 0.25) is 0 Å². The molecule has 0 bridgehead atoms. The molecule has 23 heavy (non-hydrogen) atoms.